The van der Waals surface area contributed by atoms with Crippen molar-refractivity contribution in [3.8, 4) is 5.75 Å². The first-order chi connectivity index (χ1) is 6.43. The summed E-state index contributed by atoms with van der Waals surface area (Å²) in [6.45, 7) is 9.54. The Balaban J connectivity index is 3.25. The molecule has 0 saturated heterocycles. The Morgan fingerprint density at radius 1 is 1.07 bits per heavy atom. The second kappa shape index (κ2) is 3.82. The lowest BCUT2D eigenvalue weighted by molar-refractivity contribution is -0.131. The SMILES string of the molecule is CC(=O)Oc1cc(C)c(C)c(C)c1C. The van der Waals surface area contributed by atoms with Gasteiger partial charge in [0.15, 0.2) is 0 Å². The van der Waals surface area contributed by atoms with Gasteiger partial charge in [0.05, 0.1) is 0 Å². The van der Waals surface area contributed by atoms with Gasteiger partial charge < -0.3 is 4.74 Å². The Labute approximate surface area is 84.9 Å². The molecule has 76 valence electrons. The highest BCUT2D eigenvalue weighted by atomic mass is 16.5. The monoisotopic (exact) mass is 192 g/mol. The quantitative estimate of drug-likeness (QED) is 0.505. The van der Waals surface area contributed by atoms with Crippen molar-refractivity contribution in [2.45, 2.75) is 34.6 Å². The molecule has 0 fully saturated rings. The van der Waals surface area contributed by atoms with E-state index >= 15 is 0 Å². The van der Waals surface area contributed by atoms with Gasteiger partial charge in [0, 0.05) is 6.92 Å². The third-order valence-corrected chi connectivity index (χ3v) is 2.69. The molecular weight excluding hydrogens is 176 g/mol. The average molecular weight is 192 g/mol. The molecular formula is C12H16O2. The Morgan fingerprint density at radius 2 is 1.64 bits per heavy atom. The summed E-state index contributed by atoms with van der Waals surface area (Å²) in [7, 11) is 0. The molecule has 0 bridgehead atoms. The van der Waals surface area contributed by atoms with Gasteiger partial charge in [0.25, 0.3) is 0 Å². The van der Waals surface area contributed by atoms with Gasteiger partial charge in [-0.15, -0.1) is 0 Å². The van der Waals surface area contributed by atoms with E-state index in [9.17, 15) is 4.79 Å². The van der Waals surface area contributed by atoms with Crippen molar-refractivity contribution in [3.05, 3.63) is 28.3 Å². The second-order valence-corrected chi connectivity index (χ2v) is 3.66. The van der Waals surface area contributed by atoms with Crippen LogP contribution in [0.25, 0.3) is 0 Å². The maximum atomic E-state index is 10.9. The number of benzene rings is 1. The highest BCUT2D eigenvalue weighted by Gasteiger charge is 2.09. The van der Waals surface area contributed by atoms with E-state index < -0.39 is 0 Å². The number of carbonyl (C=O) groups excluding carboxylic acids is 1. The van der Waals surface area contributed by atoms with Gasteiger partial charge in [-0.3, -0.25) is 4.79 Å². The molecule has 0 unspecified atom stereocenters. The molecule has 14 heavy (non-hydrogen) atoms. The fourth-order valence-corrected chi connectivity index (χ4v) is 1.44. The van der Waals surface area contributed by atoms with Crippen LogP contribution in [0.15, 0.2) is 6.07 Å². The zero-order chi connectivity index (χ0) is 10.9. The summed E-state index contributed by atoms with van der Waals surface area (Å²) in [5.41, 5.74) is 4.66. The lowest BCUT2D eigenvalue weighted by Crippen LogP contribution is -2.05. The van der Waals surface area contributed by atoms with Crippen molar-refractivity contribution in [3.63, 3.8) is 0 Å². The van der Waals surface area contributed by atoms with Crippen molar-refractivity contribution >= 4 is 5.97 Å². The zero-order valence-corrected chi connectivity index (χ0v) is 9.39. The molecule has 1 aromatic rings. The predicted molar refractivity (Wildman–Crippen MR) is 56.7 cm³/mol. The lowest BCUT2D eigenvalue weighted by atomic mass is 9.99. The van der Waals surface area contributed by atoms with E-state index in [1.807, 2.05) is 26.8 Å². The van der Waals surface area contributed by atoms with Gasteiger partial charge in [-0.1, -0.05) is 0 Å². The summed E-state index contributed by atoms with van der Waals surface area (Å²) >= 11 is 0. The van der Waals surface area contributed by atoms with Crippen molar-refractivity contribution in [1.29, 1.82) is 0 Å². The smallest absolute Gasteiger partial charge is 0.308 e. The zero-order valence-electron chi connectivity index (χ0n) is 9.39. The standard InChI is InChI=1S/C12H16O2/c1-7-6-12(14-11(5)13)10(4)9(3)8(7)2/h6H,1-5H3. The van der Waals surface area contributed by atoms with E-state index in [0.717, 1.165) is 11.1 Å². The van der Waals surface area contributed by atoms with Gasteiger partial charge in [-0.05, 0) is 56.0 Å². The number of rotatable bonds is 1. The van der Waals surface area contributed by atoms with Gasteiger partial charge in [-0.25, -0.2) is 0 Å². The highest BCUT2D eigenvalue weighted by molar-refractivity contribution is 5.70. The minimum atomic E-state index is -0.268. The Hall–Kier alpha value is -1.31. The molecule has 0 aliphatic carbocycles. The van der Waals surface area contributed by atoms with E-state index in [0.29, 0.717) is 5.75 Å². The van der Waals surface area contributed by atoms with Crippen LogP contribution in [0.1, 0.15) is 29.2 Å². The maximum absolute atomic E-state index is 10.9. The van der Waals surface area contributed by atoms with E-state index in [1.165, 1.54) is 18.1 Å². The van der Waals surface area contributed by atoms with Gasteiger partial charge in [-0.2, -0.15) is 0 Å². The molecule has 0 saturated carbocycles. The van der Waals surface area contributed by atoms with Crippen LogP contribution in [0.5, 0.6) is 5.75 Å². The number of ether oxygens (including phenoxy) is 1. The number of aryl methyl sites for hydroxylation is 1. The van der Waals surface area contributed by atoms with E-state index in [-0.39, 0.29) is 5.97 Å². The van der Waals surface area contributed by atoms with Crippen molar-refractivity contribution in [1.82, 2.24) is 0 Å². The normalized spacial score (nSPS) is 10.1. The molecule has 0 aromatic heterocycles. The lowest BCUT2D eigenvalue weighted by Gasteiger charge is -2.13. The topological polar surface area (TPSA) is 26.3 Å². The number of hydrogen-bond acceptors (Lipinski definition) is 2. The van der Waals surface area contributed by atoms with Crippen LogP contribution in [-0.4, -0.2) is 5.97 Å². The molecule has 1 aromatic carbocycles. The molecule has 0 heterocycles. The molecule has 0 N–H and O–H groups in total. The maximum Gasteiger partial charge on any atom is 0.308 e. The third-order valence-electron chi connectivity index (χ3n) is 2.69. The number of esters is 1. The average Bonchev–Trinajstić information content (AvgIpc) is 2.10. The summed E-state index contributed by atoms with van der Waals surface area (Å²) in [6.07, 6.45) is 0. The largest absolute Gasteiger partial charge is 0.426 e. The van der Waals surface area contributed by atoms with Crippen LogP contribution in [0.3, 0.4) is 0 Å². The summed E-state index contributed by atoms with van der Waals surface area (Å²) in [5, 5.41) is 0. The fourth-order valence-electron chi connectivity index (χ4n) is 1.44. The first-order valence-electron chi connectivity index (χ1n) is 4.69. The van der Waals surface area contributed by atoms with Crippen LogP contribution >= 0.6 is 0 Å². The highest BCUT2D eigenvalue weighted by Crippen LogP contribution is 2.26. The van der Waals surface area contributed by atoms with Crippen LogP contribution in [0, 0.1) is 27.7 Å². The van der Waals surface area contributed by atoms with Crippen molar-refractivity contribution in [2.24, 2.45) is 0 Å². The van der Waals surface area contributed by atoms with E-state index in [4.69, 9.17) is 4.74 Å². The van der Waals surface area contributed by atoms with Gasteiger partial charge in [0.2, 0.25) is 0 Å². The van der Waals surface area contributed by atoms with Crippen molar-refractivity contribution in [2.75, 3.05) is 0 Å². The molecule has 2 nitrogen and oxygen atoms in total. The fraction of sp³-hybridized carbons (Fsp3) is 0.417. The predicted octanol–water partition coefficient (Wildman–Crippen LogP) is 2.85. The molecule has 0 amide bonds. The van der Waals surface area contributed by atoms with Crippen LogP contribution < -0.4 is 4.74 Å². The number of hydrogen-bond donors (Lipinski definition) is 0. The van der Waals surface area contributed by atoms with E-state index in [2.05, 4.69) is 6.92 Å². The Bertz CT molecular complexity index is 378. The molecule has 0 atom stereocenters. The molecule has 0 spiro atoms. The third kappa shape index (κ3) is 1.95. The molecule has 2 heteroatoms. The summed E-state index contributed by atoms with van der Waals surface area (Å²) in [6, 6.07) is 1.92. The molecule has 0 aliphatic rings. The molecule has 1 rings (SSSR count). The van der Waals surface area contributed by atoms with Gasteiger partial charge >= 0.3 is 5.97 Å². The van der Waals surface area contributed by atoms with Crippen LogP contribution in [0.4, 0.5) is 0 Å². The van der Waals surface area contributed by atoms with Gasteiger partial charge in [0.1, 0.15) is 5.75 Å². The summed E-state index contributed by atoms with van der Waals surface area (Å²) in [4.78, 5) is 10.9. The summed E-state index contributed by atoms with van der Waals surface area (Å²) in [5.74, 6) is 0.411. The molecule has 0 aliphatic heterocycles. The van der Waals surface area contributed by atoms with Crippen LogP contribution in [-0.2, 0) is 4.79 Å². The minimum Gasteiger partial charge on any atom is -0.426 e. The van der Waals surface area contributed by atoms with Crippen molar-refractivity contribution < 1.29 is 9.53 Å². The minimum absolute atomic E-state index is 0.268. The van der Waals surface area contributed by atoms with Crippen LogP contribution in [0.2, 0.25) is 0 Å². The van der Waals surface area contributed by atoms with E-state index in [1.54, 1.807) is 0 Å². The number of carbonyl (C=O) groups is 1. The second-order valence-electron chi connectivity index (χ2n) is 3.66. The first-order valence-corrected chi connectivity index (χ1v) is 4.69. The first kappa shape index (κ1) is 10.8. The molecule has 0 radical (unpaired) electrons. The Morgan fingerprint density at radius 3 is 2.14 bits per heavy atom. The Kier molecular flexibility index (Phi) is 2.94. The summed E-state index contributed by atoms with van der Waals surface area (Å²) < 4.78 is 5.12.